The zero-order valence-electron chi connectivity index (χ0n) is 17.7. The molecular formula is C24H33NO5. The lowest BCUT2D eigenvalue weighted by molar-refractivity contribution is -0.231. The van der Waals surface area contributed by atoms with Gasteiger partial charge in [0.05, 0.1) is 25.4 Å². The Balaban J connectivity index is 1.13. The van der Waals surface area contributed by atoms with Crippen molar-refractivity contribution < 1.29 is 24.1 Å². The molecule has 2 aliphatic carbocycles. The second-order valence-corrected chi connectivity index (χ2v) is 9.88. The molecule has 0 amide bonds. The van der Waals surface area contributed by atoms with Crippen LogP contribution >= 0.6 is 0 Å². The molecule has 1 N–H and O–H groups in total. The third-order valence-corrected chi connectivity index (χ3v) is 8.19. The van der Waals surface area contributed by atoms with Gasteiger partial charge in [0.25, 0.3) is 0 Å². The van der Waals surface area contributed by atoms with E-state index in [1.807, 2.05) is 12.1 Å². The molecule has 1 aromatic carbocycles. The first-order valence-corrected chi connectivity index (χ1v) is 11.8. The lowest BCUT2D eigenvalue weighted by Crippen LogP contribution is -2.54. The number of hydrogen-bond donors (Lipinski definition) is 1. The average molecular weight is 416 g/mol. The summed E-state index contributed by atoms with van der Waals surface area (Å²) < 4.78 is 24.4. The number of piperidine rings is 1. The van der Waals surface area contributed by atoms with Gasteiger partial charge in [0.1, 0.15) is 5.75 Å². The lowest BCUT2D eigenvalue weighted by Gasteiger charge is -2.47. The Morgan fingerprint density at radius 1 is 0.867 bits per heavy atom. The fourth-order valence-electron chi connectivity index (χ4n) is 5.87. The first-order valence-electron chi connectivity index (χ1n) is 11.8. The highest BCUT2D eigenvalue weighted by atomic mass is 16.7. The van der Waals surface area contributed by atoms with Gasteiger partial charge >= 0.3 is 0 Å². The molecule has 0 radical (unpaired) electrons. The molecule has 2 saturated carbocycles. The van der Waals surface area contributed by atoms with E-state index in [0.717, 1.165) is 61.7 Å². The molecule has 6 rings (SSSR count). The summed E-state index contributed by atoms with van der Waals surface area (Å²) in [7, 11) is 0. The van der Waals surface area contributed by atoms with Crippen LogP contribution in [-0.2, 0) is 26.4 Å². The van der Waals surface area contributed by atoms with Crippen LogP contribution in [0.2, 0.25) is 0 Å². The van der Waals surface area contributed by atoms with E-state index in [1.165, 1.54) is 19.3 Å². The number of aliphatic hydroxyl groups is 1. The lowest BCUT2D eigenvalue weighted by atomic mass is 9.76. The number of fused-ring (bicyclic) bond motifs is 1. The topological polar surface area (TPSA) is 60.4 Å². The number of nitrogens with zero attached hydrogens (tertiary/aromatic N) is 1. The number of benzene rings is 1. The summed E-state index contributed by atoms with van der Waals surface area (Å²) in [5.41, 5.74) is 1.16. The van der Waals surface area contributed by atoms with Crippen molar-refractivity contribution in [1.29, 1.82) is 0 Å². The first-order chi connectivity index (χ1) is 14.6. The average Bonchev–Trinajstić information content (AvgIpc) is 3.19. The van der Waals surface area contributed by atoms with Gasteiger partial charge in [-0.2, -0.15) is 0 Å². The molecule has 6 heteroatoms. The third-order valence-electron chi connectivity index (χ3n) is 8.19. The largest absolute Gasteiger partial charge is 0.462 e. The minimum Gasteiger partial charge on any atom is -0.462 e. The van der Waals surface area contributed by atoms with Crippen molar-refractivity contribution >= 4 is 0 Å². The van der Waals surface area contributed by atoms with Crippen molar-refractivity contribution in [3.63, 3.8) is 0 Å². The highest BCUT2D eigenvalue weighted by molar-refractivity contribution is 5.40. The van der Waals surface area contributed by atoms with Gasteiger partial charge in [-0.3, -0.25) is 4.90 Å². The zero-order valence-corrected chi connectivity index (χ0v) is 17.7. The van der Waals surface area contributed by atoms with Gasteiger partial charge in [0.15, 0.2) is 5.79 Å². The number of hydrogen-bond acceptors (Lipinski definition) is 6. The summed E-state index contributed by atoms with van der Waals surface area (Å²) >= 11 is 0. The molecule has 3 heterocycles. The van der Waals surface area contributed by atoms with Gasteiger partial charge in [-0.15, -0.1) is 0 Å². The molecular weight excluding hydrogens is 382 g/mol. The molecule has 5 aliphatic rings. The smallest absolute Gasteiger partial charge is 0.213 e. The molecule has 6 nitrogen and oxygen atoms in total. The second kappa shape index (κ2) is 7.17. The fraction of sp³-hybridized carbons (Fsp3) is 0.750. The number of rotatable bonds is 2. The maximum Gasteiger partial charge on any atom is 0.213 e. The summed E-state index contributed by atoms with van der Waals surface area (Å²) in [6.07, 6.45) is 8.69. The van der Waals surface area contributed by atoms with Crippen LogP contribution in [0.4, 0.5) is 0 Å². The maximum atomic E-state index is 11.3. The zero-order chi connectivity index (χ0) is 20.2. The summed E-state index contributed by atoms with van der Waals surface area (Å²) in [6, 6.07) is 6.95. The Bertz CT molecular complexity index is 783. The second-order valence-electron chi connectivity index (χ2n) is 9.88. The van der Waals surface area contributed by atoms with E-state index < -0.39 is 17.2 Å². The van der Waals surface area contributed by atoms with Gasteiger partial charge in [0.2, 0.25) is 5.79 Å². The van der Waals surface area contributed by atoms with Crippen LogP contribution < -0.4 is 4.74 Å². The molecule has 2 spiro atoms. The van der Waals surface area contributed by atoms with E-state index in [1.54, 1.807) is 0 Å². The van der Waals surface area contributed by atoms with E-state index in [0.29, 0.717) is 32.7 Å². The number of likely N-dealkylation sites (tertiary alicyclic amines) is 1. The quantitative estimate of drug-likeness (QED) is 0.799. The fourth-order valence-corrected chi connectivity index (χ4v) is 5.87. The standard InChI is InChI=1S/C24H33NO5/c26-22(6-8-23(9-7-22)27-14-15-28-23)19-4-5-21-18(16-19)17-29-24(30-21)10-12-25(13-11-24)20-2-1-3-20/h4-5,16,20,26H,1-3,6-15,17H2. The molecule has 164 valence electrons. The minimum atomic E-state index is -0.834. The summed E-state index contributed by atoms with van der Waals surface area (Å²) in [5.74, 6) is -0.0200. The monoisotopic (exact) mass is 415 g/mol. The highest BCUT2D eigenvalue weighted by Gasteiger charge is 2.47. The first kappa shape index (κ1) is 19.5. The van der Waals surface area contributed by atoms with Crippen LogP contribution in [-0.4, -0.2) is 53.9 Å². The molecule has 3 aliphatic heterocycles. The molecule has 0 aromatic heterocycles. The Labute approximate surface area is 178 Å². The van der Waals surface area contributed by atoms with Crippen LogP contribution in [0.3, 0.4) is 0 Å². The SMILES string of the molecule is OC1(c2ccc3c(c2)COC2(CCN(C4CCC4)CC2)O3)CCC2(CC1)OCCO2. The van der Waals surface area contributed by atoms with Crippen molar-refractivity contribution in [2.75, 3.05) is 26.3 Å². The predicted octanol–water partition coefficient (Wildman–Crippen LogP) is 3.44. The van der Waals surface area contributed by atoms with E-state index in [4.69, 9.17) is 18.9 Å². The minimum absolute atomic E-state index is 0.465. The van der Waals surface area contributed by atoms with Crippen molar-refractivity contribution in [2.45, 2.75) is 87.6 Å². The van der Waals surface area contributed by atoms with E-state index >= 15 is 0 Å². The summed E-state index contributed by atoms with van der Waals surface area (Å²) in [5, 5.41) is 11.3. The van der Waals surface area contributed by atoms with E-state index in [2.05, 4.69) is 11.0 Å². The van der Waals surface area contributed by atoms with Crippen LogP contribution in [0.15, 0.2) is 18.2 Å². The Kier molecular flexibility index (Phi) is 4.66. The molecule has 0 bridgehead atoms. The maximum absolute atomic E-state index is 11.3. The van der Waals surface area contributed by atoms with E-state index in [-0.39, 0.29) is 0 Å². The van der Waals surface area contributed by atoms with Crippen LogP contribution in [0.25, 0.3) is 0 Å². The molecule has 0 atom stereocenters. The summed E-state index contributed by atoms with van der Waals surface area (Å²) in [4.78, 5) is 2.61. The van der Waals surface area contributed by atoms with E-state index in [9.17, 15) is 5.11 Å². The Morgan fingerprint density at radius 3 is 2.27 bits per heavy atom. The van der Waals surface area contributed by atoms with Gasteiger partial charge in [-0.25, -0.2) is 0 Å². The number of ether oxygens (including phenoxy) is 4. The van der Waals surface area contributed by atoms with Gasteiger partial charge < -0.3 is 24.1 Å². The molecule has 30 heavy (non-hydrogen) atoms. The predicted molar refractivity (Wildman–Crippen MR) is 110 cm³/mol. The van der Waals surface area contributed by atoms with Crippen LogP contribution in [0, 0.1) is 0 Å². The highest BCUT2D eigenvalue weighted by Crippen LogP contribution is 2.46. The van der Waals surface area contributed by atoms with Gasteiger partial charge in [-0.1, -0.05) is 12.5 Å². The summed E-state index contributed by atoms with van der Waals surface area (Å²) in [6.45, 7) is 3.99. The molecule has 4 fully saturated rings. The van der Waals surface area contributed by atoms with Crippen LogP contribution in [0.1, 0.15) is 68.9 Å². The molecule has 2 saturated heterocycles. The van der Waals surface area contributed by atoms with Crippen LogP contribution in [0.5, 0.6) is 5.75 Å². The molecule has 0 unspecified atom stereocenters. The van der Waals surface area contributed by atoms with Crippen molar-refractivity contribution in [3.8, 4) is 5.75 Å². The van der Waals surface area contributed by atoms with Crippen molar-refractivity contribution in [1.82, 2.24) is 4.90 Å². The Morgan fingerprint density at radius 2 is 1.60 bits per heavy atom. The Hall–Kier alpha value is -1.18. The van der Waals surface area contributed by atoms with Crippen molar-refractivity contribution in [2.24, 2.45) is 0 Å². The third kappa shape index (κ3) is 3.28. The van der Waals surface area contributed by atoms with Crippen molar-refractivity contribution in [3.05, 3.63) is 29.3 Å². The van der Waals surface area contributed by atoms with Gasteiger partial charge in [-0.05, 0) is 43.4 Å². The van der Waals surface area contributed by atoms with Gasteiger partial charge in [0, 0.05) is 50.4 Å². The normalized spacial score (nSPS) is 30.0. The molecule has 1 aromatic rings.